The van der Waals surface area contributed by atoms with E-state index in [0.29, 0.717) is 0 Å². The summed E-state index contributed by atoms with van der Waals surface area (Å²) in [5.41, 5.74) is 0.509. The van der Waals surface area contributed by atoms with Gasteiger partial charge in [-0.15, -0.1) is 5.10 Å². The minimum Gasteiger partial charge on any atom is -0.441 e. The summed E-state index contributed by atoms with van der Waals surface area (Å²) in [5.74, 6) is -1.40. The van der Waals surface area contributed by atoms with Gasteiger partial charge in [0.1, 0.15) is 6.10 Å². The quantitative estimate of drug-likeness (QED) is 0.260. The molecule has 2 N–H and O–H groups in total. The number of aryl methyl sites for hydroxylation is 1. The molecule has 2 amide bonds. The maximum atomic E-state index is 13.8. The fourth-order valence-corrected chi connectivity index (χ4v) is 2.96. The predicted octanol–water partition coefficient (Wildman–Crippen LogP) is 4.56. The van der Waals surface area contributed by atoms with E-state index in [9.17, 15) is 27.2 Å². The van der Waals surface area contributed by atoms with Crippen molar-refractivity contribution in [3.05, 3.63) is 60.3 Å². The van der Waals surface area contributed by atoms with Crippen LogP contribution >= 0.6 is 0 Å². The van der Waals surface area contributed by atoms with Crippen LogP contribution in [0.4, 0.5) is 33.9 Å². The van der Waals surface area contributed by atoms with Crippen LogP contribution in [0.3, 0.4) is 0 Å². The summed E-state index contributed by atoms with van der Waals surface area (Å²) in [7, 11) is 1.51. The zero-order valence-electron chi connectivity index (χ0n) is 19.1. The second-order valence-corrected chi connectivity index (χ2v) is 7.57. The number of nitrogens with one attached hydrogen (secondary N) is 2. The largest absolute Gasteiger partial charge is 0.441 e. The Balaban J connectivity index is 1.66. The third kappa shape index (κ3) is 6.84. The van der Waals surface area contributed by atoms with Crippen LogP contribution in [-0.2, 0) is 16.6 Å². The monoisotopic (exact) mass is 507 g/mol. The lowest BCUT2D eigenvalue weighted by molar-refractivity contribution is -0.134. The molecular weight excluding hydrogens is 486 g/mol. The van der Waals surface area contributed by atoms with E-state index in [1.807, 2.05) is 0 Å². The molecule has 0 aliphatic heterocycles. The molecule has 0 bridgehead atoms. The lowest BCUT2D eigenvalue weighted by Gasteiger charge is -2.14. The van der Waals surface area contributed by atoms with E-state index in [-0.39, 0.29) is 34.0 Å². The van der Waals surface area contributed by atoms with Crippen LogP contribution in [-0.4, -0.2) is 43.1 Å². The van der Waals surface area contributed by atoms with Gasteiger partial charge in [-0.25, -0.2) is 14.5 Å². The fourth-order valence-electron chi connectivity index (χ4n) is 2.96. The van der Waals surface area contributed by atoms with Crippen molar-refractivity contribution < 1.29 is 31.9 Å². The number of nitrogens with zero attached hydrogens (tertiary/aromatic N) is 5. The van der Waals surface area contributed by atoms with Crippen LogP contribution in [0.1, 0.15) is 31.4 Å². The lowest BCUT2D eigenvalue weighted by atomic mass is 10.1. The molecule has 14 heteroatoms. The number of ether oxygens (including phenoxy) is 1. The summed E-state index contributed by atoms with van der Waals surface area (Å²) >= 11 is 0. The van der Waals surface area contributed by atoms with Crippen LogP contribution in [0.5, 0.6) is 0 Å². The second-order valence-electron chi connectivity index (χ2n) is 7.57. The van der Waals surface area contributed by atoms with Crippen molar-refractivity contribution in [3.8, 4) is 11.4 Å². The Hall–Kier alpha value is -4.36. The van der Waals surface area contributed by atoms with Gasteiger partial charge in [-0.3, -0.25) is 15.1 Å². The van der Waals surface area contributed by atoms with Crippen LogP contribution in [0.15, 0.2) is 48.8 Å². The Morgan fingerprint density at radius 1 is 1.19 bits per heavy atom. The average Bonchev–Trinajstić information content (AvgIpc) is 3.17. The summed E-state index contributed by atoms with van der Waals surface area (Å²) in [6.45, 7) is 4.86. The van der Waals surface area contributed by atoms with Gasteiger partial charge in [0.15, 0.2) is 11.5 Å². The third-order valence-corrected chi connectivity index (χ3v) is 4.85. The van der Waals surface area contributed by atoms with Gasteiger partial charge in [0, 0.05) is 30.8 Å². The van der Waals surface area contributed by atoms with Gasteiger partial charge in [-0.2, -0.15) is 17.6 Å². The van der Waals surface area contributed by atoms with Crippen molar-refractivity contribution in [2.45, 2.75) is 32.0 Å². The highest BCUT2D eigenvalue weighted by Crippen LogP contribution is 2.26. The highest BCUT2D eigenvalue weighted by atomic mass is 19.4. The Morgan fingerprint density at radius 3 is 2.58 bits per heavy atom. The number of aromatic nitrogens is 5. The Kier molecular flexibility index (Phi) is 7.96. The molecule has 3 aromatic heterocycles. The SMILES string of the molecule is C=C(CCC(F)(F)F)C(=O)Nc1ccc(-c2nnn(C)c2NC(=O)O[C@H](C)c2cccnc2F)nc1. The molecule has 0 saturated carbocycles. The first-order chi connectivity index (χ1) is 16.9. The predicted molar refractivity (Wildman–Crippen MR) is 120 cm³/mol. The molecule has 0 saturated heterocycles. The van der Waals surface area contributed by atoms with E-state index >= 15 is 0 Å². The highest BCUT2D eigenvalue weighted by molar-refractivity contribution is 6.03. The van der Waals surface area contributed by atoms with Gasteiger partial charge in [0.25, 0.3) is 5.91 Å². The average molecular weight is 507 g/mol. The number of carbonyl (C=O) groups excluding carboxylic acids is 2. The van der Waals surface area contributed by atoms with Crippen LogP contribution in [0, 0.1) is 5.95 Å². The molecule has 0 aromatic carbocycles. The lowest BCUT2D eigenvalue weighted by Crippen LogP contribution is -2.19. The molecule has 0 aliphatic carbocycles. The molecule has 36 heavy (non-hydrogen) atoms. The molecule has 10 nitrogen and oxygen atoms in total. The van der Waals surface area contributed by atoms with E-state index in [1.165, 1.54) is 55.3 Å². The van der Waals surface area contributed by atoms with Crippen molar-refractivity contribution in [3.63, 3.8) is 0 Å². The van der Waals surface area contributed by atoms with Crippen molar-refractivity contribution in [1.29, 1.82) is 0 Å². The summed E-state index contributed by atoms with van der Waals surface area (Å²) < 4.78 is 57.3. The van der Waals surface area contributed by atoms with E-state index in [2.05, 4.69) is 37.5 Å². The van der Waals surface area contributed by atoms with Crippen LogP contribution < -0.4 is 10.6 Å². The zero-order valence-corrected chi connectivity index (χ0v) is 19.1. The Labute approximate surface area is 202 Å². The maximum absolute atomic E-state index is 13.8. The van der Waals surface area contributed by atoms with Crippen molar-refractivity contribution >= 4 is 23.5 Å². The number of amides is 2. The first-order valence-corrected chi connectivity index (χ1v) is 10.4. The van der Waals surface area contributed by atoms with Gasteiger partial charge in [-0.1, -0.05) is 11.8 Å². The standard InChI is InChI=1S/C22H21F4N7O3/c1-12(8-9-22(24,25)26)20(34)29-14-6-7-16(28-11-14)17-19(33(3)32-31-17)30-21(35)36-13(2)15-5-4-10-27-18(15)23/h4-7,10-11,13H,1,8-9H2,2-3H3,(H,29,34)(H,30,35)/t13-/m1/s1. The van der Waals surface area contributed by atoms with Gasteiger partial charge >= 0.3 is 12.3 Å². The topological polar surface area (TPSA) is 124 Å². The second kappa shape index (κ2) is 10.9. The maximum Gasteiger partial charge on any atom is 0.413 e. The Morgan fingerprint density at radius 2 is 1.94 bits per heavy atom. The number of halogens is 4. The molecule has 3 aromatic rings. The molecule has 0 spiro atoms. The molecule has 1 atom stereocenters. The van der Waals surface area contributed by atoms with Gasteiger partial charge in [0.05, 0.1) is 17.6 Å². The van der Waals surface area contributed by atoms with Gasteiger partial charge in [-0.05, 0) is 37.6 Å². The number of anilines is 2. The van der Waals surface area contributed by atoms with Crippen molar-refractivity contribution in [2.24, 2.45) is 7.05 Å². The van der Waals surface area contributed by atoms with Gasteiger partial charge in [0.2, 0.25) is 5.95 Å². The first-order valence-electron chi connectivity index (χ1n) is 10.4. The molecule has 0 fully saturated rings. The fraction of sp³-hybridized carbons (Fsp3) is 0.273. The molecule has 0 aliphatic rings. The number of hydrogen-bond acceptors (Lipinski definition) is 7. The summed E-state index contributed by atoms with van der Waals surface area (Å²) in [6.07, 6.45) is -5.39. The molecule has 190 valence electrons. The number of carbonyl (C=O) groups is 2. The third-order valence-electron chi connectivity index (χ3n) is 4.85. The Bertz CT molecular complexity index is 1260. The summed E-state index contributed by atoms with van der Waals surface area (Å²) in [6, 6.07) is 5.85. The molecule has 0 radical (unpaired) electrons. The van der Waals surface area contributed by atoms with Crippen molar-refractivity contribution in [2.75, 3.05) is 10.6 Å². The molecule has 3 rings (SSSR count). The number of rotatable bonds is 8. The van der Waals surface area contributed by atoms with E-state index in [4.69, 9.17) is 4.74 Å². The highest BCUT2D eigenvalue weighted by Gasteiger charge is 2.27. The first kappa shape index (κ1) is 26.2. The molecule has 0 unspecified atom stereocenters. The van der Waals surface area contributed by atoms with Crippen LogP contribution in [0.25, 0.3) is 11.4 Å². The summed E-state index contributed by atoms with van der Waals surface area (Å²) in [5, 5.41) is 12.7. The van der Waals surface area contributed by atoms with Gasteiger partial charge < -0.3 is 10.1 Å². The minimum atomic E-state index is -4.39. The molecular formula is C22H21F4N7O3. The van der Waals surface area contributed by atoms with E-state index in [0.717, 1.165) is 0 Å². The summed E-state index contributed by atoms with van der Waals surface area (Å²) in [4.78, 5) is 32.1. The van der Waals surface area contributed by atoms with E-state index in [1.54, 1.807) is 0 Å². The minimum absolute atomic E-state index is 0.0939. The van der Waals surface area contributed by atoms with Crippen LogP contribution in [0.2, 0.25) is 0 Å². The van der Waals surface area contributed by atoms with E-state index < -0.39 is 43.1 Å². The molecule has 3 heterocycles. The smallest absolute Gasteiger partial charge is 0.413 e. The zero-order chi connectivity index (χ0) is 26.5. The number of alkyl halides is 3. The number of pyridine rings is 2. The normalized spacial score (nSPS) is 12.1. The number of hydrogen-bond donors (Lipinski definition) is 2. The van der Waals surface area contributed by atoms with Crippen molar-refractivity contribution in [1.82, 2.24) is 25.0 Å².